The molecular weight excluding hydrogens is 486 g/mol. The van der Waals surface area contributed by atoms with Gasteiger partial charge >= 0.3 is 0 Å². The smallest absolute Gasteiger partial charge is 0.247 e. The quantitative estimate of drug-likeness (QED) is 0.391. The lowest BCUT2D eigenvalue weighted by Crippen LogP contribution is -2.44. The van der Waals surface area contributed by atoms with Crippen molar-refractivity contribution in [2.75, 3.05) is 45.2 Å². The third kappa shape index (κ3) is 6.85. The lowest BCUT2D eigenvalue weighted by molar-refractivity contribution is 0.0310. The molecule has 0 aliphatic carbocycles. The summed E-state index contributed by atoms with van der Waals surface area (Å²) in [5.41, 5.74) is 2.09. The highest BCUT2D eigenvalue weighted by Gasteiger charge is 2.38. The second kappa shape index (κ2) is 12.6. The largest absolute Gasteiger partial charge is 0.485 e. The highest BCUT2D eigenvalue weighted by atomic mass is 32.2. The Morgan fingerprint density at radius 3 is 2.59 bits per heavy atom. The molecule has 4 rings (SSSR count). The summed E-state index contributed by atoms with van der Waals surface area (Å²) in [6.45, 7) is 7.10. The summed E-state index contributed by atoms with van der Waals surface area (Å²) in [5, 5.41) is 0. The number of fused-ring (bicyclic) bond motifs is 1. The maximum Gasteiger partial charge on any atom is 0.247 e. The maximum absolute atomic E-state index is 13.9. The predicted molar refractivity (Wildman–Crippen MR) is 149 cm³/mol. The van der Waals surface area contributed by atoms with Gasteiger partial charge in [-0.3, -0.25) is 0 Å². The maximum atomic E-state index is 13.9. The molecule has 8 heteroatoms. The Morgan fingerprint density at radius 1 is 1.11 bits per heavy atom. The lowest BCUT2D eigenvalue weighted by atomic mass is 10.1. The number of benzene rings is 2. The Morgan fingerprint density at radius 2 is 1.89 bits per heavy atom. The molecule has 0 aromatic heterocycles. The molecule has 37 heavy (non-hydrogen) atoms. The average molecular weight is 530 g/mol. The van der Waals surface area contributed by atoms with Crippen LogP contribution in [-0.2, 0) is 21.4 Å². The molecule has 0 unspecified atom stereocenters. The Kier molecular flexibility index (Phi) is 9.51. The summed E-state index contributed by atoms with van der Waals surface area (Å²) in [6, 6.07) is 16.0. The first-order valence-electron chi connectivity index (χ1n) is 13.6. The first kappa shape index (κ1) is 27.9. The van der Waals surface area contributed by atoms with Gasteiger partial charge in [0.1, 0.15) is 16.7 Å². The van der Waals surface area contributed by atoms with Crippen LogP contribution >= 0.6 is 0 Å². The van der Waals surface area contributed by atoms with Gasteiger partial charge in [-0.05, 0) is 51.6 Å². The summed E-state index contributed by atoms with van der Waals surface area (Å²) < 4.78 is 41.9. The Hall–Kier alpha value is -2.13. The van der Waals surface area contributed by atoms with Crippen molar-refractivity contribution < 1.29 is 17.9 Å². The van der Waals surface area contributed by atoms with Crippen LogP contribution in [0.5, 0.6) is 5.75 Å². The van der Waals surface area contributed by atoms with Crippen LogP contribution in [0.4, 0.5) is 5.69 Å². The van der Waals surface area contributed by atoms with E-state index in [1.54, 1.807) is 10.4 Å². The Labute approximate surface area is 223 Å². The zero-order valence-electron chi connectivity index (χ0n) is 22.8. The first-order valence-corrected chi connectivity index (χ1v) is 15.1. The highest BCUT2D eigenvalue weighted by molar-refractivity contribution is 7.89. The molecule has 0 bridgehead atoms. The lowest BCUT2D eigenvalue weighted by Gasteiger charge is -2.28. The van der Waals surface area contributed by atoms with Crippen LogP contribution in [0, 0.1) is 0 Å². The SMILES string of the molecule is CCCCC[C@@H](C)N1C[C@@H](COCc2ccccc2)Oc2cc(N3CC[C@@H](N(C)C)C3)ccc2S1(=O)=O. The molecule has 0 saturated carbocycles. The highest BCUT2D eigenvalue weighted by Crippen LogP contribution is 2.37. The monoisotopic (exact) mass is 529 g/mol. The van der Waals surface area contributed by atoms with Crippen LogP contribution in [0.1, 0.15) is 51.5 Å². The van der Waals surface area contributed by atoms with Crippen LogP contribution in [-0.4, -0.2) is 76.1 Å². The van der Waals surface area contributed by atoms with Crippen LogP contribution < -0.4 is 9.64 Å². The van der Waals surface area contributed by atoms with Gasteiger partial charge in [-0.15, -0.1) is 0 Å². The van der Waals surface area contributed by atoms with E-state index in [0.717, 1.165) is 56.4 Å². The van der Waals surface area contributed by atoms with Gasteiger partial charge in [0, 0.05) is 36.9 Å². The van der Waals surface area contributed by atoms with Crippen molar-refractivity contribution in [2.24, 2.45) is 0 Å². The molecule has 2 aromatic rings. The van der Waals surface area contributed by atoms with Crippen LogP contribution in [0.25, 0.3) is 0 Å². The summed E-state index contributed by atoms with van der Waals surface area (Å²) >= 11 is 0. The molecule has 7 nitrogen and oxygen atoms in total. The van der Waals surface area contributed by atoms with Gasteiger partial charge in [-0.25, -0.2) is 8.42 Å². The normalized spacial score (nSPS) is 22.5. The zero-order valence-corrected chi connectivity index (χ0v) is 23.6. The van der Waals surface area contributed by atoms with Crippen LogP contribution in [0.2, 0.25) is 0 Å². The topological polar surface area (TPSA) is 62.3 Å². The van der Waals surface area contributed by atoms with Crippen molar-refractivity contribution in [3.63, 3.8) is 0 Å². The van der Waals surface area contributed by atoms with Crippen LogP contribution in [0.15, 0.2) is 53.4 Å². The molecule has 2 aliphatic heterocycles. The van der Waals surface area contributed by atoms with Gasteiger partial charge in [0.2, 0.25) is 10.0 Å². The minimum Gasteiger partial charge on any atom is -0.485 e. The van der Waals surface area contributed by atoms with E-state index < -0.39 is 16.1 Å². The number of hydrogen-bond acceptors (Lipinski definition) is 6. The second-order valence-corrected chi connectivity index (χ2v) is 12.5. The summed E-state index contributed by atoms with van der Waals surface area (Å²) in [5.74, 6) is 0.433. The Balaban J connectivity index is 1.58. The number of nitrogens with zero attached hydrogens (tertiary/aromatic N) is 3. The summed E-state index contributed by atoms with van der Waals surface area (Å²) in [6.07, 6.45) is 4.74. The number of unbranched alkanes of at least 4 members (excludes halogenated alkanes) is 2. The van der Waals surface area contributed by atoms with E-state index in [-0.39, 0.29) is 17.5 Å². The molecule has 0 spiro atoms. The molecule has 0 amide bonds. The molecule has 3 atom stereocenters. The van der Waals surface area contributed by atoms with Gasteiger partial charge in [0.05, 0.1) is 19.8 Å². The summed E-state index contributed by atoms with van der Waals surface area (Å²) in [7, 11) is 0.512. The summed E-state index contributed by atoms with van der Waals surface area (Å²) in [4.78, 5) is 4.83. The first-order chi connectivity index (χ1) is 17.8. The minimum absolute atomic E-state index is 0.109. The minimum atomic E-state index is -3.70. The van der Waals surface area contributed by atoms with Crippen molar-refractivity contribution in [3.8, 4) is 5.75 Å². The molecule has 2 heterocycles. The van der Waals surface area contributed by atoms with E-state index in [2.05, 4.69) is 30.8 Å². The van der Waals surface area contributed by atoms with Gasteiger partial charge in [0.15, 0.2) is 0 Å². The fourth-order valence-corrected chi connectivity index (χ4v) is 7.05. The molecule has 0 radical (unpaired) electrons. The van der Waals surface area contributed by atoms with Crippen molar-refractivity contribution >= 4 is 15.7 Å². The molecule has 2 aliphatic rings. The van der Waals surface area contributed by atoms with Gasteiger partial charge in [-0.2, -0.15) is 4.31 Å². The van der Waals surface area contributed by atoms with E-state index in [0.29, 0.717) is 25.0 Å². The molecular formula is C29H43N3O4S. The number of likely N-dealkylation sites (N-methyl/N-ethyl adjacent to an activating group) is 1. The van der Waals surface area contributed by atoms with Gasteiger partial charge in [0.25, 0.3) is 0 Å². The predicted octanol–water partition coefficient (Wildman–Crippen LogP) is 4.76. The number of ether oxygens (including phenoxy) is 2. The second-order valence-electron chi connectivity index (χ2n) is 10.6. The average Bonchev–Trinajstić information content (AvgIpc) is 3.35. The Bertz CT molecular complexity index is 1110. The van der Waals surface area contributed by atoms with Crippen molar-refractivity contribution in [3.05, 3.63) is 54.1 Å². The number of hydrogen-bond donors (Lipinski definition) is 0. The van der Waals surface area contributed by atoms with Crippen LogP contribution in [0.3, 0.4) is 0 Å². The third-order valence-corrected chi connectivity index (χ3v) is 9.60. The van der Waals surface area contributed by atoms with Crippen molar-refractivity contribution in [1.82, 2.24) is 9.21 Å². The van der Waals surface area contributed by atoms with Crippen molar-refractivity contribution in [2.45, 2.75) is 75.6 Å². The van der Waals surface area contributed by atoms with E-state index in [4.69, 9.17) is 9.47 Å². The molecule has 2 aromatic carbocycles. The molecule has 204 valence electrons. The van der Waals surface area contributed by atoms with E-state index in [1.165, 1.54) is 0 Å². The van der Waals surface area contributed by atoms with Gasteiger partial charge in [-0.1, -0.05) is 56.5 Å². The third-order valence-electron chi connectivity index (χ3n) is 7.58. The fraction of sp³-hybridized carbons (Fsp3) is 0.586. The number of rotatable bonds is 11. The van der Waals surface area contributed by atoms with E-state index in [9.17, 15) is 8.42 Å². The number of anilines is 1. The zero-order chi connectivity index (χ0) is 26.4. The van der Waals surface area contributed by atoms with Gasteiger partial charge < -0.3 is 19.3 Å². The standard InChI is InChI=1S/C29H43N3O4S/c1-5-6-8-11-23(2)32-20-27(22-35-21-24-12-9-7-10-13-24)36-28-18-25(14-15-29(28)37(32,33)34)31-17-16-26(19-31)30(3)4/h7,9-10,12-15,18,23,26-27H,5-6,8,11,16-17,19-22H2,1-4H3/t23-,26-,27+/m1/s1. The van der Waals surface area contributed by atoms with E-state index >= 15 is 0 Å². The molecule has 1 saturated heterocycles. The fourth-order valence-electron chi connectivity index (χ4n) is 5.26. The van der Waals surface area contributed by atoms with E-state index in [1.807, 2.05) is 49.4 Å². The molecule has 0 N–H and O–H groups in total. The number of sulfonamides is 1. The van der Waals surface area contributed by atoms with Crippen molar-refractivity contribution in [1.29, 1.82) is 0 Å². The molecule has 1 fully saturated rings.